The van der Waals surface area contributed by atoms with Crippen LogP contribution in [0.25, 0.3) is 0 Å². The molecule has 0 radical (unpaired) electrons. The van der Waals surface area contributed by atoms with Crippen LogP contribution in [0.3, 0.4) is 0 Å². The van der Waals surface area contributed by atoms with Gasteiger partial charge in [0.05, 0.1) is 5.92 Å². The maximum atomic E-state index is 13.4. The van der Waals surface area contributed by atoms with Crippen LogP contribution in [0.2, 0.25) is 0 Å². The molecule has 2 N–H and O–H groups in total. The molecular formula is C14H18F2N2O. The SMILES string of the molecule is CC1CCC(C(=O)NCc2ccc(F)cc2F)CN1. The van der Waals surface area contributed by atoms with Gasteiger partial charge < -0.3 is 10.6 Å². The fourth-order valence-electron chi connectivity index (χ4n) is 2.21. The molecule has 2 atom stereocenters. The summed E-state index contributed by atoms with van der Waals surface area (Å²) in [6.07, 6.45) is 1.80. The summed E-state index contributed by atoms with van der Waals surface area (Å²) in [4.78, 5) is 11.9. The molecule has 1 aromatic carbocycles. The number of amides is 1. The molecule has 0 bridgehead atoms. The number of hydrogen-bond donors (Lipinski definition) is 2. The molecule has 2 unspecified atom stereocenters. The summed E-state index contributed by atoms with van der Waals surface area (Å²) in [5.74, 6) is -1.39. The number of carbonyl (C=O) groups is 1. The maximum absolute atomic E-state index is 13.4. The minimum Gasteiger partial charge on any atom is -0.352 e. The van der Waals surface area contributed by atoms with E-state index in [0.717, 1.165) is 18.9 Å². The Bertz CT molecular complexity index is 457. The Morgan fingerprint density at radius 3 is 2.84 bits per heavy atom. The average molecular weight is 268 g/mol. The number of hydrogen-bond acceptors (Lipinski definition) is 2. The van der Waals surface area contributed by atoms with Crippen molar-refractivity contribution in [3.05, 3.63) is 35.4 Å². The molecule has 1 aliphatic heterocycles. The van der Waals surface area contributed by atoms with Gasteiger partial charge in [-0.2, -0.15) is 0 Å². The fraction of sp³-hybridized carbons (Fsp3) is 0.500. The van der Waals surface area contributed by atoms with Crippen molar-refractivity contribution in [2.75, 3.05) is 6.54 Å². The number of piperidine rings is 1. The van der Waals surface area contributed by atoms with Gasteiger partial charge in [-0.1, -0.05) is 6.07 Å². The normalized spacial score (nSPS) is 23.1. The van der Waals surface area contributed by atoms with Crippen molar-refractivity contribution in [2.45, 2.75) is 32.4 Å². The summed E-state index contributed by atoms with van der Waals surface area (Å²) in [6, 6.07) is 3.81. The van der Waals surface area contributed by atoms with E-state index in [0.29, 0.717) is 18.2 Å². The van der Waals surface area contributed by atoms with Crippen molar-refractivity contribution < 1.29 is 13.6 Å². The van der Waals surface area contributed by atoms with Crippen LogP contribution in [0.15, 0.2) is 18.2 Å². The van der Waals surface area contributed by atoms with Gasteiger partial charge >= 0.3 is 0 Å². The monoisotopic (exact) mass is 268 g/mol. The molecule has 1 aliphatic rings. The number of carbonyl (C=O) groups excluding carboxylic acids is 1. The van der Waals surface area contributed by atoms with Gasteiger partial charge in [-0.25, -0.2) is 8.78 Å². The molecule has 104 valence electrons. The quantitative estimate of drug-likeness (QED) is 0.880. The van der Waals surface area contributed by atoms with Crippen LogP contribution < -0.4 is 10.6 Å². The van der Waals surface area contributed by atoms with Gasteiger partial charge in [0.25, 0.3) is 0 Å². The Morgan fingerprint density at radius 1 is 1.42 bits per heavy atom. The summed E-state index contributed by atoms with van der Waals surface area (Å²) >= 11 is 0. The Morgan fingerprint density at radius 2 is 2.21 bits per heavy atom. The lowest BCUT2D eigenvalue weighted by atomic mass is 9.95. The van der Waals surface area contributed by atoms with E-state index in [1.807, 2.05) is 0 Å². The first kappa shape index (κ1) is 13.9. The van der Waals surface area contributed by atoms with Gasteiger partial charge in [-0.15, -0.1) is 0 Å². The molecule has 1 fully saturated rings. The molecule has 2 rings (SSSR count). The lowest BCUT2D eigenvalue weighted by Gasteiger charge is -2.26. The van der Waals surface area contributed by atoms with Crippen LogP contribution in [0.1, 0.15) is 25.3 Å². The predicted molar refractivity (Wildman–Crippen MR) is 68.4 cm³/mol. The Kier molecular flexibility index (Phi) is 4.47. The molecule has 1 aromatic rings. The number of nitrogens with one attached hydrogen (secondary N) is 2. The van der Waals surface area contributed by atoms with Crippen LogP contribution in [-0.4, -0.2) is 18.5 Å². The predicted octanol–water partition coefficient (Wildman–Crippen LogP) is 1.97. The first-order valence-electron chi connectivity index (χ1n) is 6.51. The number of rotatable bonds is 3. The third-order valence-corrected chi connectivity index (χ3v) is 3.50. The second-order valence-corrected chi connectivity index (χ2v) is 5.04. The van der Waals surface area contributed by atoms with Crippen molar-refractivity contribution in [3.8, 4) is 0 Å². The molecule has 5 heteroatoms. The van der Waals surface area contributed by atoms with E-state index < -0.39 is 11.6 Å². The highest BCUT2D eigenvalue weighted by molar-refractivity contribution is 5.79. The van der Waals surface area contributed by atoms with Crippen molar-refractivity contribution in [2.24, 2.45) is 5.92 Å². The largest absolute Gasteiger partial charge is 0.352 e. The summed E-state index contributed by atoms with van der Waals surface area (Å²) < 4.78 is 26.1. The van der Waals surface area contributed by atoms with Crippen LogP contribution in [0.5, 0.6) is 0 Å². The Balaban J connectivity index is 1.86. The standard InChI is InChI=1S/C14H18F2N2O/c1-9-2-3-11(8-17-9)14(19)18-7-10-4-5-12(15)6-13(10)16/h4-6,9,11,17H,2-3,7-8H2,1H3,(H,18,19). The number of benzene rings is 1. The van der Waals surface area contributed by atoms with Crippen molar-refractivity contribution in [3.63, 3.8) is 0 Å². The van der Waals surface area contributed by atoms with Gasteiger partial charge in [0.1, 0.15) is 11.6 Å². The van der Waals surface area contributed by atoms with E-state index in [2.05, 4.69) is 17.6 Å². The average Bonchev–Trinajstić information content (AvgIpc) is 2.38. The molecular weight excluding hydrogens is 250 g/mol. The minimum absolute atomic E-state index is 0.0697. The van der Waals surface area contributed by atoms with Crippen molar-refractivity contribution in [1.82, 2.24) is 10.6 Å². The van der Waals surface area contributed by atoms with E-state index in [9.17, 15) is 13.6 Å². The zero-order valence-corrected chi connectivity index (χ0v) is 10.9. The van der Waals surface area contributed by atoms with Gasteiger partial charge in [0.2, 0.25) is 5.91 Å². The van der Waals surface area contributed by atoms with Crippen molar-refractivity contribution in [1.29, 1.82) is 0 Å². The highest BCUT2D eigenvalue weighted by atomic mass is 19.1. The zero-order chi connectivity index (χ0) is 13.8. The summed E-state index contributed by atoms with van der Waals surface area (Å²) in [7, 11) is 0. The smallest absolute Gasteiger partial charge is 0.224 e. The topological polar surface area (TPSA) is 41.1 Å². The highest BCUT2D eigenvalue weighted by Crippen LogP contribution is 2.15. The molecule has 0 saturated carbocycles. The van der Waals surface area contributed by atoms with Gasteiger partial charge in [-0.05, 0) is 25.8 Å². The third kappa shape index (κ3) is 3.73. The third-order valence-electron chi connectivity index (χ3n) is 3.50. The fourth-order valence-corrected chi connectivity index (χ4v) is 2.21. The van der Waals surface area contributed by atoms with Crippen LogP contribution in [-0.2, 0) is 11.3 Å². The lowest BCUT2D eigenvalue weighted by molar-refractivity contribution is -0.125. The van der Waals surface area contributed by atoms with E-state index in [1.54, 1.807) is 0 Å². The first-order valence-corrected chi connectivity index (χ1v) is 6.51. The van der Waals surface area contributed by atoms with E-state index in [4.69, 9.17) is 0 Å². The molecule has 19 heavy (non-hydrogen) atoms. The van der Waals surface area contributed by atoms with Crippen LogP contribution in [0, 0.1) is 17.6 Å². The van der Waals surface area contributed by atoms with Gasteiger partial charge in [0.15, 0.2) is 0 Å². The van der Waals surface area contributed by atoms with Crippen LogP contribution in [0.4, 0.5) is 8.78 Å². The van der Waals surface area contributed by atoms with Gasteiger partial charge in [-0.3, -0.25) is 4.79 Å². The van der Waals surface area contributed by atoms with E-state index in [1.165, 1.54) is 12.1 Å². The zero-order valence-electron chi connectivity index (χ0n) is 10.9. The summed E-state index contributed by atoms with van der Waals surface area (Å²) in [5, 5.41) is 5.95. The van der Waals surface area contributed by atoms with Crippen LogP contribution >= 0.6 is 0 Å². The molecule has 1 amide bonds. The summed E-state index contributed by atoms with van der Waals surface area (Å²) in [6.45, 7) is 2.83. The second-order valence-electron chi connectivity index (χ2n) is 5.04. The summed E-state index contributed by atoms with van der Waals surface area (Å²) in [5.41, 5.74) is 0.298. The maximum Gasteiger partial charge on any atom is 0.224 e. The highest BCUT2D eigenvalue weighted by Gasteiger charge is 2.23. The molecule has 1 heterocycles. The molecule has 1 saturated heterocycles. The first-order chi connectivity index (χ1) is 9.06. The van der Waals surface area contributed by atoms with E-state index >= 15 is 0 Å². The lowest BCUT2D eigenvalue weighted by Crippen LogP contribution is -2.43. The van der Waals surface area contributed by atoms with Crippen molar-refractivity contribution >= 4 is 5.91 Å². The Labute approximate surface area is 111 Å². The molecule has 0 aromatic heterocycles. The molecule has 0 aliphatic carbocycles. The Hall–Kier alpha value is -1.49. The second kappa shape index (κ2) is 6.10. The van der Waals surface area contributed by atoms with Gasteiger partial charge in [0, 0.05) is 30.8 Å². The van der Waals surface area contributed by atoms with E-state index in [-0.39, 0.29) is 18.4 Å². The molecule has 3 nitrogen and oxygen atoms in total. The number of halogens is 2. The molecule has 0 spiro atoms. The minimum atomic E-state index is -0.629.